The van der Waals surface area contributed by atoms with E-state index in [1.807, 2.05) is 0 Å². The first-order chi connectivity index (χ1) is 27.3. The Bertz CT molecular complexity index is 2950. The Kier molecular flexibility index (Phi) is 6.87. The lowest BCUT2D eigenvalue weighted by molar-refractivity contribution is 0.985. The Balaban J connectivity index is 1.05. The molecule has 4 aliphatic rings. The zero-order valence-electron chi connectivity index (χ0n) is 30.9. The molecular weight excluding hydrogens is 661 g/mol. The zero-order chi connectivity index (χ0) is 36.0. The molecule has 0 N–H and O–H groups in total. The minimum Gasteiger partial charge on any atom is -0.0836 e. The van der Waals surface area contributed by atoms with Crippen LogP contribution in [0.15, 0.2) is 158 Å². The van der Waals surface area contributed by atoms with E-state index in [1.54, 1.807) is 0 Å². The molecule has 1 fully saturated rings. The molecule has 2 atom stereocenters. The smallest absolute Gasteiger partial charge is 0.00295 e. The van der Waals surface area contributed by atoms with Crippen LogP contribution in [-0.4, -0.2) is 0 Å². The topological polar surface area (TPSA) is 0 Å². The minimum absolute atomic E-state index is 0.606. The fourth-order valence-electron chi connectivity index (χ4n) is 10.5. The summed E-state index contributed by atoms with van der Waals surface area (Å²) in [5.74, 6) is 1.21. The van der Waals surface area contributed by atoms with Crippen molar-refractivity contribution in [1.82, 2.24) is 0 Å². The van der Waals surface area contributed by atoms with Gasteiger partial charge in [-0.05, 0) is 167 Å². The second-order valence-electron chi connectivity index (χ2n) is 16.1. The number of hydrogen-bond donors (Lipinski definition) is 0. The zero-order valence-corrected chi connectivity index (χ0v) is 30.9. The first-order valence-corrected chi connectivity index (χ1v) is 20.2. The van der Waals surface area contributed by atoms with Crippen LogP contribution in [0.25, 0.3) is 89.3 Å². The summed E-state index contributed by atoms with van der Waals surface area (Å²) in [7, 11) is 0. The van der Waals surface area contributed by atoms with E-state index in [9.17, 15) is 0 Å². The van der Waals surface area contributed by atoms with Gasteiger partial charge in [0.05, 0.1) is 0 Å². The summed E-state index contributed by atoms with van der Waals surface area (Å²) in [6.07, 6.45) is 15.1. The highest BCUT2D eigenvalue weighted by Gasteiger charge is 2.45. The van der Waals surface area contributed by atoms with Crippen LogP contribution in [0.5, 0.6) is 0 Å². The summed E-state index contributed by atoms with van der Waals surface area (Å²) in [5, 5.41) is 5.44. The predicted octanol–water partition coefficient (Wildman–Crippen LogP) is 14.8. The average Bonchev–Trinajstić information content (AvgIpc) is 4.07. The molecule has 2 unspecified atom stereocenters. The van der Waals surface area contributed by atoms with Crippen LogP contribution in [0, 0.1) is 0 Å². The number of benzene rings is 8. The molecule has 8 aromatic rings. The molecule has 0 spiro atoms. The van der Waals surface area contributed by atoms with Crippen molar-refractivity contribution < 1.29 is 0 Å². The van der Waals surface area contributed by atoms with Crippen molar-refractivity contribution in [3.05, 3.63) is 191 Å². The van der Waals surface area contributed by atoms with E-state index in [1.165, 1.54) is 117 Å². The Morgan fingerprint density at radius 3 is 1.87 bits per heavy atom. The maximum atomic E-state index is 2.55. The Morgan fingerprint density at radius 2 is 1.04 bits per heavy atom. The van der Waals surface area contributed by atoms with Crippen LogP contribution in [0.4, 0.5) is 0 Å². The van der Waals surface area contributed by atoms with E-state index in [4.69, 9.17) is 0 Å². The molecule has 0 heteroatoms. The van der Waals surface area contributed by atoms with Crippen LogP contribution in [-0.2, 0) is 12.8 Å². The Morgan fingerprint density at radius 1 is 0.382 bits per heavy atom. The van der Waals surface area contributed by atoms with Gasteiger partial charge in [-0.1, -0.05) is 158 Å². The van der Waals surface area contributed by atoms with E-state index in [0.29, 0.717) is 11.8 Å². The van der Waals surface area contributed by atoms with E-state index < -0.39 is 0 Å². The minimum atomic E-state index is 0.606. The predicted molar refractivity (Wildman–Crippen MR) is 233 cm³/mol. The monoisotopic (exact) mass is 700 g/mol. The Hall–Kier alpha value is -6.24. The maximum Gasteiger partial charge on any atom is -0.00295 e. The standard InChI is InChI=1S/C55H40/c1-2-14-34(15-3-1)38-17-6-7-18-39(38)36-26-28-43-49-32-37(27-29-44(49)51-33-52(51)50(43)30-36)54-45-22-10-12-24-47(45)55(48-25-13-11-23-46(48)54)53-31-35-16-4-5-19-40(35)41-20-8-9-21-42(41)53/h1-3,5-12,14-15,17-24,26-32,51-52H,4,13,16,25,33H2. The van der Waals surface area contributed by atoms with Gasteiger partial charge in [-0.2, -0.15) is 0 Å². The van der Waals surface area contributed by atoms with Gasteiger partial charge in [0, 0.05) is 0 Å². The van der Waals surface area contributed by atoms with Crippen molar-refractivity contribution in [1.29, 1.82) is 0 Å². The molecule has 0 heterocycles. The van der Waals surface area contributed by atoms with E-state index in [-0.39, 0.29) is 0 Å². The fraction of sp³-hybridized carbons (Fsp3) is 0.127. The SMILES string of the molecule is C1=Cc2c(cc(-c3c4c(c(-c5ccc6c(c5)-c5ccc(-c7ccccc7-c7ccccc7)cc5C5CC65)c5ccccc35)C=CCC4)c3ccccc23)CC1. The summed E-state index contributed by atoms with van der Waals surface area (Å²) in [5.41, 5.74) is 22.4. The summed E-state index contributed by atoms with van der Waals surface area (Å²) in [4.78, 5) is 0. The van der Waals surface area contributed by atoms with Gasteiger partial charge in [0.1, 0.15) is 0 Å². The molecule has 0 radical (unpaired) electrons. The molecule has 260 valence electrons. The number of hydrogen-bond acceptors (Lipinski definition) is 0. The van der Waals surface area contributed by atoms with Crippen LogP contribution >= 0.6 is 0 Å². The molecule has 0 bridgehead atoms. The molecule has 8 aromatic carbocycles. The van der Waals surface area contributed by atoms with Gasteiger partial charge in [-0.15, -0.1) is 0 Å². The highest BCUT2D eigenvalue weighted by molar-refractivity contribution is 6.15. The molecule has 0 aliphatic heterocycles. The molecule has 4 aliphatic carbocycles. The van der Waals surface area contributed by atoms with Crippen molar-refractivity contribution in [2.45, 2.75) is 43.9 Å². The summed E-state index contributed by atoms with van der Waals surface area (Å²) in [6, 6.07) is 55.4. The third-order valence-corrected chi connectivity index (χ3v) is 13.1. The van der Waals surface area contributed by atoms with Crippen molar-refractivity contribution in [3.8, 4) is 55.6 Å². The van der Waals surface area contributed by atoms with Gasteiger partial charge in [-0.3, -0.25) is 0 Å². The Labute approximate surface area is 323 Å². The van der Waals surface area contributed by atoms with Crippen LogP contribution in [0.2, 0.25) is 0 Å². The fourth-order valence-corrected chi connectivity index (χ4v) is 10.5. The van der Waals surface area contributed by atoms with Crippen molar-refractivity contribution in [3.63, 3.8) is 0 Å². The number of aryl methyl sites for hydroxylation is 1. The van der Waals surface area contributed by atoms with Gasteiger partial charge >= 0.3 is 0 Å². The normalized spacial score (nSPS) is 17.3. The lowest BCUT2D eigenvalue weighted by atomic mass is 9.77. The quantitative estimate of drug-likeness (QED) is 0.171. The molecule has 0 amide bonds. The number of allylic oxidation sites excluding steroid dienone is 2. The molecule has 0 saturated heterocycles. The molecule has 1 saturated carbocycles. The van der Waals surface area contributed by atoms with Crippen molar-refractivity contribution in [2.75, 3.05) is 0 Å². The second-order valence-corrected chi connectivity index (χ2v) is 16.1. The van der Waals surface area contributed by atoms with Crippen LogP contribution < -0.4 is 0 Å². The van der Waals surface area contributed by atoms with Crippen LogP contribution in [0.1, 0.15) is 64.5 Å². The van der Waals surface area contributed by atoms with Gasteiger partial charge < -0.3 is 0 Å². The first-order valence-electron chi connectivity index (χ1n) is 20.2. The third-order valence-electron chi connectivity index (χ3n) is 13.1. The molecule has 55 heavy (non-hydrogen) atoms. The number of fused-ring (bicyclic) bond motifs is 11. The lowest BCUT2D eigenvalue weighted by Gasteiger charge is -2.26. The van der Waals surface area contributed by atoms with Crippen LogP contribution in [0.3, 0.4) is 0 Å². The summed E-state index contributed by atoms with van der Waals surface area (Å²) < 4.78 is 0. The average molecular weight is 701 g/mol. The summed E-state index contributed by atoms with van der Waals surface area (Å²) >= 11 is 0. The third kappa shape index (κ3) is 4.77. The van der Waals surface area contributed by atoms with E-state index >= 15 is 0 Å². The van der Waals surface area contributed by atoms with Gasteiger partial charge in [0.15, 0.2) is 0 Å². The molecule has 12 rings (SSSR count). The molecular formula is C55H40. The summed E-state index contributed by atoms with van der Waals surface area (Å²) in [6.45, 7) is 0. The maximum absolute atomic E-state index is 2.55. The van der Waals surface area contributed by atoms with Crippen molar-refractivity contribution >= 4 is 33.7 Å². The highest BCUT2D eigenvalue weighted by atomic mass is 14.5. The molecule has 0 aromatic heterocycles. The lowest BCUT2D eigenvalue weighted by Crippen LogP contribution is -2.05. The largest absolute Gasteiger partial charge is 0.0836 e. The van der Waals surface area contributed by atoms with E-state index in [2.05, 4.69) is 170 Å². The highest BCUT2D eigenvalue weighted by Crippen LogP contribution is 2.63. The van der Waals surface area contributed by atoms with Gasteiger partial charge in [0.25, 0.3) is 0 Å². The van der Waals surface area contributed by atoms with Gasteiger partial charge in [0.2, 0.25) is 0 Å². The first kappa shape index (κ1) is 31.1. The van der Waals surface area contributed by atoms with Gasteiger partial charge in [-0.25, -0.2) is 0 Å². The molecule has 0 nitrogen and oxygen atoms in total. The van der Waals surface area contributed by atoms with E-state index in [0.717, 1.165) is 25.7 Å². The second kappa shape index (κ2) is 12.1. The number of rotatable bonds is 4. The van der Waals surface area contributed by atoms with Crippen molar-refractivity contribution in [2.24, 2.45) is 0 Å².